The van der Waals surface area contributed by atoms with Crippen molar-refractivity contribution in [3.63, 3.8) is 0 Å². The summed E-state index contributed by atoms with van der Waals surface area (Å²) in [4.78, 5) is 0. The largest absolute Gasteiger partial charge is 0.455 e. The molecule has 3 aromatic carbocycles. The Morgan fingerprint density at radius 1 is 0.821 bits per heavy atom. The third-order valence-corrected chi connectivity index (χ3v) is 5.88. The van der Waals surface area contributed by atoms with Gasteiger partial charge in [0.25, 0.3) is 0 Å². The Balaban J connectivity index is 1.97. The summed E-state index contributed by atoms with van der Waals surface area (Å²) in [5, 5.41) is 4.92. The Bertz CT molecular complexity index is 1360. The van der Waals surface area contributed by atoms with Gasteiger partial charge in [-0.05, 0) is 41.3 Å². The van der Waals surface area contributed by atoms with Crippen LogP contribution >= 0.6 is 0 Å². The SMILES string of the molecule is Cc1c(-c2ccc(C(C)C)c[n+]2C)c2oc3ccccc3c2c2ccccc12. The Hall–Kier alpha value is -3.13. The number of hydrogen-bond donors (Lipinski definition) is 0. The molecule has 2 nitrogen and oxygen atoms in total. The van der Waals surface area contributed by atoms with Gasteiger partial charge in [-0.3, -0.25) is 0 Å². The molecule has 0 aliphatic rings. The van der Waals surface area contributed by atoms with E-state index in [2.05, 4.69) is 93.2 Å². The first-order valence-electron chi connectivity index (χ1n) is 9.88. The number of aryl methyl sites for hydroxylation is 2. The van der Waals surface area contributed by atoms with Crippen molar-refractivity contribution in [2.24, 2.45) is 7.05 Å². The Morgan fingerprint density at radius 2 is 1.50 bits per heavy atom. The van der Waals surface area contributed by atoms with E-state index >= 15 is 0 Å². The number of nitrogens with zero attached hydrogens (tertiary/aromatic N) is 1. The van der Waals surface area contributed by atoms with Gasteiger partial charge < -0.3 is 4.42 Å². The molecule has 0 aliphatic heterocycles. The Kier molecular flexibility index (Phi) is 3.77. The minimum Gasteiger partial charge on any atom is -0.455 e. The summed E-state index contributed by atoms with van der Waals surface area (Å²) >= 11 is 0. The normalized spacial score (nSPS) is 11.9. The van der Waals surface area contributed by atoms with Gasteiger partial charge in [0.05, 0.1) is 5.56 Å². The molecule has 0 spiro atoms. The van der Waals surface area contributed by atoms with Gasteiger partial charge in [-0.15, -0.1) is 0 Å². The molecule has 138 valence electrons. The predicted octanol–water partition coefficient (Wildman–Crippen LogP) is 6.66. The lowest BCUT2D eigenvalue weighted by Gasteiger charge is -2.11. The minimum atomic E-state index is 0.504. The molecule has 0 saturated carbocycles. The van der Waals surface area contributed by atoms with E-state index in [0.717, 1.165) is 11.2 Å². The maximum absolute atomic E-state index is 6.45. The molecule has 0 aliphatic carbocycles. The van der Waals surface area contributed by atoms with Crippen molar-refractivity contribution in [2.45, 2.75) is 26.7 Å². The van der Waals surface area contributed by atoms with Crippen molar-refractivity contribution in [3.05, 3.63) is 78.0 Å². The van der Waals surface area contributed by atoms with Gasteiger partial charge in [-0.2, -0.15) is 0 Å². The van der Waals surface area contributed by atoms with Crippen LogP contribution in [0.1, 0.15) is 30.9 Å². The fourth-order valence-corrected chi connectivity index (χ4v) is 4.36. The second-order valence-corrected chi connectivity index (χ2v) is 7.96. The van der Waals surface area contributed by atoms with Crippen LogP contribution in [0.25, 0.3) is 44.0 Å². The number of furan rings is 1. The van der Waals surface area contributed by atoms with Crippen molar-refractivity contribution in [1.82, 2.24) is 0 Å². The van der Waals surface area contributed by atoms with Crippen LogP contribution in [0.2, 0.25) is 0 Å². The molecule has 2 heteroatoms. The average Bonchev–Trinajstić information content (AvgIpc) is 3.08. The summed E-state index contributed by atoms with van der Waals surface area (Å²) in [5.41, 5.74) is 6.88. The smallest absolute Gasteiger partial charge is 0.216 e. The van der Waals surface area contributed by atoms with Gasteiger partial charge >= 0.3 is 0 Å². The number of benzene rings is 3. The van der Waals surface area contributed by atoms with Gasteiger partial charge in [-0.25, -0.2) is 4.57 Å². The Labute approximate surface area is 165 Å². The van der Waals surface area contributed by atoms with Crippen LogP contribution in [0.3, 0.4) is 0 Å². The zero-order valence-electron chi connectivity index (χ0n) is 16.8. The van der Waals surface area contributed by atoms with Crippen molar-refractivity contribution < 1.29 is 8.98 Å². The lowest BCUT2D eigenvalue weighted by molar-refractivity contribution is -0.660. The molecule has 5 aromatic rings. The van der Waals surface area contributed by atoms with Crippen LogP contribution in [0, 0.1) is 6.92 Å². The number of rotatable bonds is 2. The van der Waals surface area contributed by atoms with E-state index in [1.165, 1.54) is 43.9 Å². The van der Waals surface area contributed by atoms with E-state index in [4.69, 9.17) is 4.42 Å². The second-order valence-electron chi connectivity index (χ2n) is 7.96. The van der Waals surface area contributed by atoms with Gasteiger partial charge in [0.15, 0.2) is 6.20 Å². The van der Waals surface area contributed by atoms with Crippen LogP contribution in [0.5, 0.6) is 0 Å². The van der Waals surface area contributed by atoms with E-state index in [1.807, 2.05) is 6.07 Å². The monoisotopic (exact) mass is 366 g/mol. The molecule has 0 atom stereocenters. The number of pyridine rings is 1. The summed E-state index contributed by atoms with van der Waals surface area (Å²) < 4.78 is 8.68. The first kappa shape index (κ1) is 17.0. The molecular formula is C26H24NO+. The average molecular weight is 366 g/mol. The van der Waals surface area contributed by atoms with Gasteiger partial charge in [0.1, 0.15) is 18.2 Å². The minimum absolute atomic E-state index is 0.504. The van der Waals surface area contributed by atoms with E-state index in [0.29, 0.717) is 5.92 Å². The van der Waals surface area contributed by atoms with Crippen LogP contribution in [-0.4, -0.2) is 0 Å². The maximum atomic E-state index is 6.45. The summed E-state index contributed by atoms with van der Waals surface area (Å²) in [7, 11) is 2.13. The molecular weight excluding hydrogens is 342 g/mol. The predicted molar refractivity (Wildman–Crippen MR) is 117 cm³/mol. The third kappa shape index (κ3) is 2.37. The van der Waals surface area contributed by atoms with Crippen molar-refractivity contribution >= 4 is 32.7 Å². The fourth-order valence-electron chi connectivity index (χ4n) is 4.36. The first-order chi connectivity index (χ1) is 13.6. The van der Waals surface area contributed by atoms with Gasteiger partial charge in [0, 0.05) is 22.4 Å². The molecule has 2 aromatic heterocycles. The fraction of sp³-hybridized carbons (Fsp3) is 0.192. The second kappa shape index (κ2) is 6.20. The lowest BCUT2D eigenvalue weighted by Crippen LogP contribution is -2.31. The molecule has 0 N–H and O–H groups in total. The molecule has 5 rings (SSSR count). The number of aromatic nitrogens is 1. The van der Waals surface area contributed by atoms with E-state index < -0.39 is 0 Å². The third-order valence-electron chi connectivity index (χ3n) is 5.88. The van der Waals surface area contributed by atoms with E-state index in [-0.39, 0.29) is 0 Å². The van der Waals surface area contributed by atoms with Crippen LogP contribution in [0.4, 0.5) is 0 Å². The summed E-state index contributed by atoms with van der Waals surface area (Å²) in [5.74, 6) is 0.504. The number of para-hydroxylation sites is 1. The molecule has 0 bridgehead atoms. The molecule has 0 fully saturated rings. The van der Waals surface area contributed by atoms with Crippen molar-refractivity contribution in [1.29, 1.82) is 0 Å². The molecule has 0 unspecified atom stereocenters. The topological polar surface area (TPSA) is 17.0 Å². The van der Waals surface area contributed by atoms with E-state index in [1.54, 1.807) is 0 Å². The zero-order chi connectivity index (χ0) is 19.4. The molecule has 28 heavy (non-hydrogen) atoms. The van der Waals surface area contributed by atoms with Crippen LogP contribution < -0.4 is 4.57 Å². The number of fused-ring (bicyclic) bond motifs is 5. The highest BCUT2D eigenvalue weighted by Crippen LogP contribution is 2.42. The van der Waals surface area contributed by atoms with Gasteiger partial charge in [0.2, 0.25) is 5.69 Å². The summed E-state index contributed by atoms with van der Waals surface area (Å²) in [6.07, 6.45) is 2.24. The van der Waals surface area contributed by atoms with Crippen molar-refractivity contribution in [3.8, 4) is 11.3 Å². The summed E-state index contributed by atoms with van der Waals surface area (Å²) in [6.45, 7) is 6.67. The van der Waals surface area contributed by atoms with Gasteiger partial charge in [-0.1, -0.05) is 56.3 Å². The quantitative estimate of drug-likeness (QED) is 0.319. The first-order valence-corrected chi connectivity index (χ1v) is 9.88. The summed E-state index contributed by atoms with van der Waals surface area (Å²) in [6, 6.07) is 21.5. The highest BCUT2D eigenvalue weighted by molar-refractivity contribution is 6.23. The highest BCUT2D eigenvalue weighted by atomic mass is 16.3. The number of hydrogen-bond acceptors (Lipinski definition) is 1. The molecule has 0 amide bonds. The lowest BCUT2D eigenvalue weighted by atomic mass is 9.93. The van der Waals surface area contributed by atoms with E-state index in [9.17, 15) is 0 Å². The molecule has 2 heterocycles. The maximum Gasteiger partial charge on any atom is 0.216 e. The standard InChI is InChI=1S/C26H24NO/c1-16(2)18-13-14-22(27(4)15-18)24-17(3)19-9-5-6-10-20(19)25-21-11-7-8-12-23(21)28-26(24)25/h5-16H,1-4H3/q+1. The van der Waals surface area contributed by atoms with Crippen LogP contribution in [-0.2, 0) is 7.05 Å². The van der Waals surface area contributed by atoms with Crippen LogP contribution in [0.15, 0.2) is 71.3 Å². The van der Waals surface area contributed by atoms with Crippen molar-refractivity contribution in [2.75, 3.05) is 0 Å². The Morgan fingerprint density at radius 3 is 2.21 bits per heavy atom. The zero-order valence-corrected chi connectivity index (χ0v) is 16.8. The molecule has 0 radical (unpaired) electrons. The molecule has 0 saturated heterocycles. The highest BCUT2D eigenvalue weighted by Gasteiger charge is 2.24.